The molecule has 1 aliphatic heterocycles. The summed E-state index contributed by atoms with van der Waals surface area (Å²) >= 11 is 0. The average molecular weight is 332 g/mol. The lowest BCUT2D eigenvalue weighted by Crippen LogP contribution is -2.33. The molecule has 2 atom stereocenters. The van der Waals surface area contributed by atoms with Crippen LogP contribution >= 0.6 is 0 Å². The van der Waals surface area contributed by atoms with Crippen LogP contribution in [-0.4, -0.2) is 70.7 Å². The molecule has 0 aromatic heterocycles. The van der Waals surface area contributed by atoms with Crippen LogP contribution in [0.2, 0.25) is 0 Å². The van der Waals surface area contributed by atoms with Crippen LogP contribution in [0.4, 0.5) is 4.79 Å². The minimum atomic E-state index is -0.264. The molecular weight excluding hydrogens is 296 g/mol. The van der Waals surface area contributed by atoms with Crippen molar-refractivity contribution < 1.29 is 19.0 Å². The summed E-state index contributed by atoms with van der Waals surface area (Å²) in [6.07, 6.45) is 2.73. The van der Waals surface area contributed by atoms with E-state index in [0.29, 0.717) is 13.2 Å². The third kappa shape index (κ3) is 12.3. The molecule has 0 aromatic rings. The molecular formula is C17H36N2O4. The molecule has 0 saturated carbocycles. The van der Waals surface area contributed by atoms with Crippen molar-refractivity contribution in [3.05, 3.63) is 0 Å². The quantitative estimate of drug-likeness (QED) is 0.692. The lowest BCUT2D eigenvalue weighted by atomic mass is 10.2. The van der Waals surface area contributed by atoms with E-state index < -0.39 is 0 Å². The maximum atomic E-state index is 11.7. The molecule has 1 heterocycles. The molecule has 138 valence electrons. The molecule has 6 nitrogen and oxygen atoms in total. The van der Waals surface area contributed by atoms with Gasteiger partial charge in [-0.3, -0.25) is 0 Å². The Morgan fingerprint density at radius 3 is 2.43 bits per heavy atom. The lowest BCUT2D eigenvalue weighted by Gasteiger charge is -2.18. The highest BCUT2D eigenvalue weighted by molar-refractivity contribution is 5.67. The van der Waals surface area contributed by atoms with Gasteiger partial charge in [-0.25, -0.2) is 4.79 Å². The highest BCUT2D eigenvalue weighted by Gasteiger charge is 2.25. The van der Waals surface area contributed by atoms with Gasteiger partial charge in [-0.15, -0.1) is 0 Å². The van der Waals surface area contributed by atoms with Crippen LogP contribution in [0.15, 0.2) is 0 Å². The van der Waals surface area contributed by atoms with Gasteiger partial charge in [0.25, 0.3) is 0 Å². The molecule has 0 spiro atoms. The van der Waals surface area contributed by atoms with E-state index in [9.17, 15) is 4.79 Å². The first-order chi connectivity index (χ1) is 10.9. The van der Waals surface area contributed by atoms with Crippen LogP contribution in [0.5, 0.6) is 0 Å². The first kappa shape index (κ1) is 22.1. The van der Waals surface area contributed by atoms with Crippen molar-refractivity contribution >= 4 is 6.09 Å². The van der Waals surface area contributed by atoms with E-state index in [0.717, 1.165) is 38.3 Å². The van der Waals surface area contributed by atoms with E-state index in [4.69, 9.17) is 14.2 Å². The van der Waals surface area contributed by atoms with Gasteiger partial charge in [-0.1, -0.05) is 20.8 Å². The smallest absolute Gasteiger partial charge is 0.409 e. The molecule has 1 saturated heterocycles. The van der Waals surface area contributed by atoms with Crippen LogP contribution in [0.3, 0.4) is 0 Å². The first-order valence-corrected chi connectivity index (χ1v) is 8.53. The molecule has 1 aliphatic rings. The standard InChI is InChI=1S/C13H26N2O4.C4H10/c1-15(6-4-5-7-17-2)13(16)19-10-11-8-12(18-3)9-14-11;1-4(2)3/h11-12,14H,4-10H2,1-3H3;4H,1-3H3. The molecule has 0 aromatic carbocycles. The number of unbranched alkanes of at least 4 members (excludes halogenated alkanes) is 1. The van der Waals surface area contributed by atoms with Crippen LogP contribution in [0.25, 0.3) is 0 Å². The molecule has 1 N–H and O–H groups in total. The van der Waals surface area contributed by atoms with Crippen molar-refractivity contribution in [1.29, 1.82) is 0 Å². The number of amides is 1. The van der Waals surface area contributed by atoms with E-state index in [1.54, 1.807) is 26.2 Å². The van der Waals surface area contributed by atoms with Gasteiger partial charge < -0.3 is 24.4 Å². The van der Waals surface area contributed by atoms with Crippen molar-refractivity contribution in [1.82, 2.24) is 10.2 Å². The Morgan fingerprint density at radius 1 is 1.26 bits per heavy atom. The highest BCUT2D eigenvalue weighted by Crippen LogP contribution is 2.10. The zero-order chi connectivity index (χ0) is 17.7. The van der Waals surface area contributed by atoms with Gasteiger partial charge in [0, 0.05) is 47.0 Å². The molecule has 0 bridgehead atoms. The topological polar surface area (TPSA) is 60.0 Å². The summed E-state index contributed by atoms with van der Waals surface area (Å²) in [6, 6.07) is 0.204. The molecule has 0 aliphatic carbocycles. The van der Waals surface area contributed by atoms with Crippen molar-refractivity contribution in [3.63, 3.8) is 0 Å². The summed E-state index contributed by atoms with van der Waals surface area (Å²) in [5.41, 5.74) is 0. The predicted octanol–water partition coefficient (Wildman–Crippen LogP) is 2.52. The fourth-order valence-corrected chi connectivity index (χ4v) is 2.06. The normalized spacial score (nSPS) is 20.1. The SMILES string of the molecule is CC(C)C.COCCCCN(C)C(=O)OCC1CC(OC)CN1. The number of carbonyl (C=O) groups is 1. The Hall–Kier alpha value is -0.850. The number of ether oxygens (including phenoxy) is 3. The molecule has 2 unspecified atom stereocenters. The van der Waals surface area contributed by atoms with Gasteiger partial charge in [0.05, 0.1) is 6.10 Å². The third-order valence-electron chi connectivity index (χ3n) is 3.33. The minimum Gasteiger partial charge on any atom is -0.448 e. The van der Waals surface area contributed by atoms with Crippen LogP contribution < -0.4 is 5.32 Å². The Kier molecular flexibility index (Phi) is 13.1. The fourth-order valence-electron chi connectivity index (χ4n) is 2.06. The van der Waals surface area contributed by atoms with Crippen LogP contribution in [-0.2, 0) is 14.2 Å². The zero-order valence-electron chi connectivity index (χ0n) is 15.8. The molecule has 23 heavy (non-hydrogen) atoms. The maximum Gasteiger partial charge on any atom is 0.409 e. The average Bonchev–Trinajstić information content (AvgIpc) is 2.96. The lowest BCUT2D eigenvalue weighted by molar-refractivity contribution is 0.0931. The Morgan fingerprint density at radius 2 is 1.91 bits per heavy atom. The van der Waals surface area contributed by atoms with E-state index in [-0.39, 0.29) is 18.2 Å². The predicted molar refractivity (Wildman–Crippen MR) is 92.8 cm³/mol. The van der Waals surface area contributed by atoms with Crippen LogP contribution in [0.1, 0.15) is 40.0 Å². The van der Waals surface area contributed by atoms with Gasteiger partial charge in [-0.2, -0.15) is 0 Å². The second kappa shape index (κ2) is 13.6. The summed E-state index contributed by atoms with van der Waals surface area (Å²) in [5, 5.41) is 3.27. The van der Waals surface area contributed by atoms with E-state index in [1.165, 1.54) is 0 Å². The van der Waals surface area contributed by atoms with Gasteiger partial charge >= 0.3 is 6.09 Å². The van der Waals surface area contributed by atoms with E-state index in [2.05, 4.69) is 26.1 Å². The molecule has 1 fully saturated rings. The summed E-state index contributed by atoms with van der Waals surface area (Å²) in [4.78, 5) is 13.3. The minimum absolute atomic E-state index is 0.204. The number of hydrogen-bond donors (Lipinski definition) is 1. The van der Waals surface area contributed by atoms with Crippen molar-refractivity contribution in [2.24, 2.45) is 5.92 Å². The number of hydrogen-bond acceptors (Lipinski definition) is 5. The van der Waals surface area contributed by atoms with E-state index in [1.807, 2.05) is 0 Å². The highest BCUT2D eigenvalue weighted by atomic mass is 16.6. The van der Waals surface area contributed by atoms with Crippen LogP contribution in [0, 0.1) is 5.92 Å². The monoisotopic (exact) mass is 332 g/mol. The largest absolute Gasteiger partial charge is 0.448 e. The van der Waals surface area contributed by atoms with Gasteiger partial charge in [0.1, 0.15) is 6.61 Å². The number of methoxy groups -OCH3 is 2. The molecule has 0 radical (unpaired) electrons. The van der Waals surface area contributed by atoms with Crippen molar-refractivity contribution in [2.45, 2.75) is 52.2 Å². The number of nitrogens with one attached hydrogen (secondary N) is 1. The zero-order valence-corrected chi connectivity index (χ0v) is 15.8. The van der Waals surface area contributed by atoms with Gasteiger partial charge in [0.15, 0.2) is 0 Å². The summed E-state index contributed by atoms with van der Waals surface area (Å²) < 4.78 is 15.5. The number of carbonyl (C=O) groups excluding carboxylic acids is 1. The van der Waals surface area contributed by atoms with Gasteiger partial charge in [0.2, 0.25) is 0 Å². The Balaban J connectivity index is 0.00000108. The Labute approximate surface area is 141 Å². The molecule has 6 heteroatoms. The maximum absolute atomic E-state index is 11.7. The number of rotatable bonds is 8. The second-order valence-corrected chi connectivity index (χ2v) is 6.63. The fraction of sp³-hybridized carbons (Fsp3) is 0.941. The van der Waals surface area contributed by atoms with Crippen molar-refractivity contribution in [3.8, 4) is 0 Å². The molecule has 1 rings (SSSR count). The summed E-state index contributed by atoms with van der Waals surface area (Å²) in [6.45, 7) is 9.15. The van der Waals surface area contributed by atoms with E-state index >= 15 is 0 Å². The molecule has 1 amide bonds. The summed E-state index contributed by atoms with van der Waals surface area (Å²) in [7, 11) is 5.14. The Bertz CT molecular complexity index is 298. The first-order valence-electron chi connectivity index (χ1n) is 8.53. The number of nitrogens with zero attached hydrogens (tertiary/aromatic N) is 1. The summed E-state index contributed by atoms with van der Waals surface area (Å²) in [5.74, 6) is 0.833. The van der Waals surface area contributed by atoms with Crippen molar-refractivity contribution in [2.75, 3.05) is 47.6 Å². The second-order valence-electron chi connectivity index (χ2n) is 6.63. The third-order valence-corrected chi connectivity index (χ3v) is 3.33. The van der Waals surface area contributed by atoms with Gasteiger partial charge in [-0.05, 0) is 25.2 Å².